The second-order valence-electron chi connectivity index (χ2n) is 4.45. The van der Waals surface area contributed by atoms with Gasteiger partial charge in [-0.1, -0.05) is 18.2 Å². The van der Waals surface area contributed by atoms with Crippen LogP contribution in [-0.4, -0.2) is 29.3 Å². The number of nitrogens with zero attached hydrogens (tertiary/aromatic N) is 2. The predicted octanol–water partition coefficient (Wildman–Crippen LogP) is 2.74. The van der Waals surface area contributed by atoms with Gasteiger partial charge in [-0.05, 0) is 23.6 Å². The van der Waals surface area contributed by atoms with Crippen LogP contribution in [0.15, 0.2) is 41.8 Å². The number of rotatable bonds is 6. The fraction of sp³-hybridized carbons (Fsp3) is 0.267. The molecule has 2 heterocycles. The molecule has 0 atom stereocenters. The standard InChI is InChI=1S/C15H17N3OS/c16-7-9-19-10-8-18-13-5-2-1-4-12(13)17-15(18)14-6-3-11-20-14/h1-6,11H,7-10,16H2. The summed E-state index contributed by atoms with van der Waals surface area (Å²) in [6.07, 6.45) is 0. The number of nitrogens with two attached hydrogens (primary N) is 1. The van der Waals surface area contributed by atoms with Gasteiger partial charge in [-0.25, -0.2) is 4.98 Å². The Labute approximate surface area is 121 Å². The van der Waals surface area contributed by atoms with Gasteiger partial charge in [0.05, 0.1) is 29.1 Å². The van der Waals surface area contributed by atoms with E-state index in [4.69, 9.17) is 15.5 Å². The average Bonchev–Trinajstić information content (AvgIpc) is 3.11. The van der Waals surface area contributed by atoms with Crippen molar-refractivity contribution in [2.45, 2.75) is 6.54 Å². The first kappa shape index (κ1) is 13.3. The first-order chi connectivity index (χ1) is 9.90. The Hall–Kier alpha value is -1.69. The Kier molecular flexibility index (Phi) is 4.11. The van der Waals surface area contributed by atoms with Gasteiger partial charge in [0.2, 0.25) is 0 Å². The number of para-hydroxylation sites is 2. The van der Waals surface area contributed by atoms with Crippen molar-refractivity contribution in [3.8, 4) is 10.7 Å². The van der Waals surface area contributed by atoms with E-state index in [1.54, 1.807) is 11.3 Å². The van der Waals surface area contributed by atoms with Gasteiger partial charge in [-0.15, -0.1) is 11.3 Å². The molecule has 0 aliphatic rings. The highest BCUT2D eigenvalue weighted by molar-refractivity contribution is 7.13. The number of fused-ring (bicyclic) bond motifs is 1. The van der Waals surface area contributed by atoms with Crippen LogP contribution >= 0.6 is 11.3 Å². The number of hydrogen-bond acceptors (Lipinski definition) is 4. The zero-order valence-electron chi connectivity index (χ0n) is 11.2. The van der Waals surface area contributed by atoms with Crippen molar-refractivity contribution in [3.63, 3.8) is 0 Å². The second-order valence-corrected chi connectivity index (χ2v) is 5.40. The Morgan fingerprint density at radius 1 is 1.15 bits per heavy atom. The van der Waals surface area contributed by atoms with Crippen LogP contribution in [0.3, 0.4) is 0 Å². The van der Waals surface area contributed by atoms with Crippen molar-refractivity contribution in [2.75, 3.05) is 19.8 Å². The SMILES string of the molecule is NCCOCCn1c(-c2cccs2)nc2ccccc21. The van der Waals surface area contributed by atoms with Crippen molar-refractivity contribution >= 4 is 22.4 Å². The molecule has 0 saturated heterocycles. The lowest BCUT2D eigenvalue weighted by atomic mass is 10.3. The van der Waals surface area contributed by atoms with Crippen LogP contribution in [0.4, 0.5) is 0 Å². The molecule has 104 valence electrons. The maximum Gasteiger partial charge on any atom is 0.151 e. The third-order valence-corrected chi connectivity index (χ3v) is 3.98. The molecule has 5 heteroatoms. The summed E-state index contributed by atoms with van der Waals surface area (Å²) in [6.45, 7) is 2.59. The summed E-state index contributed by atoms with van der Waals surface area (Å²) < 4.78 is 7.73. The third-order valence-electron chi connectivity index (χ3n) is 3.12. The molecule has 0 aliphatic heterocycles. The first-order valence-corrected chi connectivity index (χ1v) is 7.55. The zero-order valence-corrected chi connectivity index (χ0v) is 12.0. The van der Waals surface area contributed by atoms with Gasteiger partial charge in [0, 0.05) is 13.1 Å². The Balaban J connectivity index is 1.96. The van der Waals surface area contributed by atoms with Gasteiger partial charge in [-0.3, -0.25) is 0 Å². The monoisotopic (exact) mass is 287 g/mol. The summed E-state index contributed by atoms with van der Waals surface area (Å²) in [5, 5.41) is 2.07. The molecule has 4 nitrogen and oxygen atoms in total. The van der Waals surface area contributed by atoms with Gasteiger partial charge in [0.1, 0.15) is 0 Å². The molecule has 0 aliphatic carbocycles. The first-order valence-electron chi connectivity index (χ1n) is 6.67. The number of hydrogen-bond donors (Lipinski definition) is 1. The Bertz CT molecular complexity index is 676. The van der Waals surface area contributed by atoms with E-state index in [2.05, 4.69) is 28.1 Å². The highest BCUT2D eigenvalue weighted by Crippen LogP contribution is 2.27. The minimum absolute atomic E-state index is 0.558. The maximum atomic E-state index is 5.51. The van der Waals surface area contributed by atoms with Crippen LogP contribution in [0, 0.1) is 0 Å². The lowest BCUT2D eigenvalue weighted by Crippen LogP contribution is -2.12. The molecule has 20 heavy (non-hydrogen) atoms. The van der Waals surface area contributed by atoms with E-state index >= 15 is 0 Å². The normalized spacial score (nSPS) is 11.2. The van der Waals surface area contributed by atoms with E-state index in [9.17, 15) is 0 Å². The van der Waals surface area contributed by atoms with Crippen LogP contribution in [0.25, 0.3) is 21.7 Å². The molecule has 0 amide bonds. The molecule has 2 N–H and O–H groups in total. The topological polar surface area (TPSA) is 53.1 Å². The van der Waals surface area contributed by atoms with Crippen LogP contribution in [0.5, 0.6) is 0 Å². The highest BCUT2D eigenvalue weighted by atomic mass is 32.1. The van der Waals surface area contributed by atoms with Crippen molar-refractivity contribution < 1.29 is 4.74 Å². The second kappa shape index (κ2) is 6.17. The fourth-order valence-corrected chi connectivity index (χ4v) is 2.96. The summed E-state index contributed by atoms with van der Waals surface area (Å²) >= 11 is 1.70. The lowest BCUT2D eigenvalue weighted by molar-refractivity contribution is 0.134. The summed E-state index contributed by atoms with van der Waals surface area (Å²) in [5.74, 6) is 1.01. The molecule has 0 radical (unpaired) electrons. The molecule has 3 rings (SSSR count). The van der Waals surface area contributed by atoms with Crippen molar-refractivity contribution in [2.24, 2.45) is 5.73 Å². The molecule has 0 unspecified atom stereocenters. The van der Waals surface area contributed by atoms with E-state index in [1.165, 1.54) is 4.88 Å². The molecular formula is C15H17N3OS. The lowest BCUT2D eigenvalue weighted by Gasteiger charge is -2.08. The van der Waals surface area contributed by atoms with Gasteiger partial charge >= 0.3 is 0 Å². The van der Waals surface area contributed by atoms with Gasteiger partial charge in [-0.2, -0.15) is 0 Å². The van der Waals surface area contributed by atoms with Gasteiger partial charge in [0.15, 0.2) is 5.82 Å². The predicted molar refractivity (Wildman–Crippen MR) is 82.9 cm³/mol. The summed E-state index contributed by atoms with van der Waals surface area (Å²) in [7, 11) is 0. The fourth-order valence-electron chi connectivity index (χ4n) is 2.24. The highest BCUT2D eigenvalue weighted by Gasteiger charge is 2.12. The van der Waals surface area contributed by atoms with Crippen LogP contribution in [0.1, 0.15) is 0 Å². The largest absolute Gasteiger partial charge is 0.378 e. The molecule has 0 bridgehead atoms. The summed E-state index contributed by atoms with van der Waals surface area (Å²) in [4.78, 5) is 5.93. The molecule has 0 fully saturated rings. The van der Waals surface area contributed by atoms with E-state index in [0.29, 0.717) is 19.8 Å². The van der Waals surface area contributed by atoms with Crippen LogP contribution in [-0.2, 0) is 11.3 Å². The Morgan fingerprint density at radius 3 is 2.85 bits per heavy atom. The zero-order chi connectivity index (χ0) is 13.8. The van der Waals surface area contributed by atoms with E-state index in [1.807, 2.05) is 18.2 Å². The van der Waals surface area contributed by atoms with Gasteiger partial charge in [0.25, 0.3) is 0 Å². The third kappa shape index (κ3) is 2.60. The van der Waals surface area contributed by atoms with E-state index < -0.39 is 0 Å². The van der Waals surface area contributed by atoms with Gasteiger partial charge < -0.3 is 15.0 Å². The average molecular weight is 287 g/mol. The summed E-state index contributed by atoms with van der Waals surface area (Å²) in [5.41, 5.74) is 7.61. The Morgan fingerprint density at radius 2 is 2.05 bits per heavy atom. The number of aromatic nitrogens is 2. The van der Waals surface area contributed by atoms with Crippen molar-refractivity contribution in [1.82, 2.24) is 9.55 Å². The number of ether oxygens (including phenoxy) is 1. The molecular weight excluding hydrogens is 270 g/mol. The quantitative estimate of drug-likeness (QED) is 0.709. The maximum absolute atomic E-state index is 5.51. The van der Waals surface area contributed by atoms with Crippen molar-refractivity contribution in [1.29, 1.82) is 0 Å². The van der Waals surface area contributed by atoms with Crippen LogP contribution in [0.2, 0.25) is 0 Å². The summed E-state index contributed by atoms with van der Waals surface area (Å²) in [6, 6.07) is 12.4. The number of imidazole rings is 1. The smallest absolute Gasteiger partial charge is 0.151 e. The molecule has 3 aromatic rings. The van der Waals surface area contributed by atoms with Crippen molar-refractivity contribution in [3.05, 3.63) is 41.8 Å². The molecule has 2 aromatic heterocycles. The minimum atomic E-state index is 0.558. The van der Waals surface area contributed by atoms with E-state index in [0.717, 1.165) is 23.4 Å². The molecule has 0 saturated carbocycles. The molecule has 1 aromatic carbocycles. The van der Waals surface area contributed by atoms with E-state index in [-0.39, 0.29) is 0 Å². The number of benzene rings is 1. The number of thiophene rings is 1. The minimum Gasteiger partial charge on any atom is -0.378 e. The molecule has 0 spiro atoms. The van der Waals surface area contributed by atoms with Crippen LogP contribution < -0.4 is 5.73 Å².